The maximum absolute atomic E-state index is 12.8. The van der Waals surface area contributed by atoms with Crippen molar-refractivity contribution in [2.75, 3.05) is 26.2 Å². The first-order valence-electron chi connectivity index (χ1n) is 9.91. The van der Waals surface area contributed by atoms with E-state index in [1.54, 1.807) is 12.3 Å². The van der Waals surface area contributed by atoms with E-state index in [0.717, 1.165) is 18.7 Å². The van der Waals surface area contributed by atoms with Crippen LogP contribution in [0.5, 0.6) is 0 Å². The van der Waals surface area contributed by atoms with Gasteiger partial charge in [-0.25, -0.2) is 9.97 Å². The van der Waals surface area contributed by atoms with Gasteiger partial charge < -0.3 is 10.2 Å². The third kappa shape index (κ3) is 4.34. The molecule has 142 valence electrons. The largest absolute Gasteiger partial charge is 0.331 e. The summed E-state index contributed by atoms with van der Waals surface area (Å²) in [6, 6.07) is 12.4. The number of carbonyl (C=O) groups is 1. The second-order valence-electron chi connectivity index (χ2n) is 7.42. The normalized spacial score (nSPS) is 22.0. The highest BCUT2D eigenvalue weighted by atomic mass is 16.2. The molecule has 2 aromatic rings. The minimum atomic E-state index is -0.155. The number of nitrogens with one attached hydrogen (secondary N) is 1. The Labute approximate surface area is 160 Å². The quantitative estimate of drug-likeness (QED) is 0.852. The van der Waals surface area contributed by atoms with Crippen LogP contribution in [0.2, 0.25) is 0 Å². The number of hydrogen-bond acceptors (Lipinski definition) is 5. The number of benzene rings is 1. The number of hydrogen-bond donors (Lipinski definition) is 1. The molecule has 2 fully saturated rings. The van der Waals surface area contributed by atoms with Crippen LogP contribution in [0.4, 0.5) is 0 Å². The van der Waals surface area contributed by atoms with E-state index in [4.69, 9.17) is 0 Å². The van der Waals surface area contributed by atoms with E-state index in [1.165, 1.54) is 45.1 Å². The van der Waals surface area contributed by atoms with Gasteiger partial charge in [0.2, 0.25) is 0 Å². The summed E-state index contributed by atoms with van der Waals surface area (Å²) in [4.78, 5) is 25.8. The Hall–Kier alpha value is -2.31. The summed E-state index contributed by atoms with van der Waals surface area (Å²) in [6.45, 7) is 4.50. The fourth-order valence-electron chi connectivity index (χ4n) is 4.27. The van der Waals surface area contributed by atoms with Gasteiger partial charge in [-0.15, -0.1) is 0 Å². The fourth-order valence-corrected chi connectivity index (χ4v) is 4.27. The first kappa shape index (κ1) is 18.1. The van der Waals surface area contributed by atoms with Crippen molar-refractivity contribution in [2.24, 2.45) is 0 Å². The molecule has 2 aliphatic rings. The SMILES string of the molecule is O=C(NC(c1ccccc1)N1CCC[C@H]1CN1CCCC1)c1ccncn1. The third-order valence-corrected chi connectivity index (χ3v) is 5.62. The Morgan fingerprint density at radius 1 is 1.11 bits per heavy atom. The Morgan fingerprint density at radius 2 is 1.93 bits per heavy atom. The molecule has 2 atom stereocenters. The molecule has 1 amide bonds. The van der Waals surface area contributed by atoms with Gasteiger partial charge in [-0.05, 0) is 50.4 Å². The summed E-state index contributed by atoms with van der Waals surface area (Å²) in [5.74, 6) is -0.155. The molecule has 0 bridgehead atoms. The molecule has 1 unspecified atom stereocenters. The van der Waals surface area contributed by atoms with Crippen LogP contribution in [0.3, 0.4) is 0 Å². The van der Waals surface area contributed by atoms with Gasteiger partial charge in [-0.1, -0.05) is 30.3 Å². The molecule has 0 aliphatic carbocycles. The van der Waals surface area contributed by atoms with E-state index in [9.17, 15) is 4.79 Å². The molecule has 0 spiro atoms. The molecular formula is C21H27N5O. The Bertz CT molecular complexity index is 733. The first-order chi connectivity index (χ1) is 13.3. The molecule has 1 aromatic carbocycles. The second-order valence-corrected chi connectivity index (χ2v) is 7.42. The lowest BCUT2D eigenvalue weighted by Crippen LogP contribution is -2.47. The van der Waals surface area contributed by atoms with E-state index < -0.39 is 0 Å². The minimum Gasteiger partial charge on any atom is -0.331 e. The highest BCUT2D eigenvalue weighted by Gasteiger charge is 2.34. The van der Waals surface area contributed by atoms with Gasteiger partial charge >= 0.3 is 0 Å². The molecule has 4 rings (SSSR count). The molecule has 0 saturated carbocycles. The van der Waals surface area contributed by atoms with Gasteiger partial charge in [0, 0.05) is 25.3 Å². The van der Waals surface area contributed by atoms with E-state index in [0.29, 0.717) is 11.7 Å². The number of amides is 1. The van der Waals surface area contributed by atoms with E-state index >= 15 is 0 Å². The molecule has 0 radical (unpaired) electrons. The molecule has 1 N–H and O–H groups in total. The summed E-state index contributed by atoms with van der Waals surface area (Å²) in [5.41, 5.74) is 1.52. The average molecular weight is 365 g/mol. The van der Waals surface area contributed by atoms with Crippen LogP contribution in [0, 0.1) is 0 Å². The Balaban J connectivity index is 1.54. The van der Waals surface area contributed by atoms with E-state index in [-0.39, 0.29) is 12.1 Å². The summed E-state index contributed by atoms with van der Waals surface area (Å²) in [6.07, 6.45) is 7.85. The lowest BCUT2D eigenvalue weighted by molar-refractivity contribution is 0.0788. The van der Waals surface area contributed by atoms with E-state index in [1.807, 2.05) is 18.2 Å². The number of rotatable bonds is 6. The summed E-state index contributed by atoms with van der Waals surface area (Å²) < 4.78 is 0. The van der Waals surface area contributed by atoms with Crippen LogP contribution in [-0.2, 0) is 0 Å². The van der Waals surface area contributed by atoms with Crippen molar-refractivity contribution in [1.82, 2.24) is 25.1 Å². The topological polar surface area (TPSA) is 61.4 Å². The molecule has 6 nitrogen and oxygen atoms in total. The highest BCUT2D eigenvalue weighted by Crippen LogP contribution is 2.29. The van der Waals surface area contributed by atoms with Crippen molar-refractivity contribution in [3.8, 4) is 0 Å². The summed E-state index contributed by atoms with van der Waals surface area (Å²) in [7, 11) is 0. The average Bonchev–Trinajstić information content (AvgIpc) is 3.40. The zero-order chi connectivity index (χ0) is 18.5. The van der Waals surface area contributed by atoms with Crippen molar-refractivity contribution in [3.63, 3.8) is 0 Å². The maximum Gasteiger partial charge on any atom is 0.271 e. The van der Waals surface area contributed by atoms with Gasteiger partial charge in [0.15, 0.2) is 0 Å². The van der Waals surface area contributed by atoms with Gasteiger partial charge in [0.1, 0.15) is 18.2 Å². The lowest BCUT2D eigenvalue weighted by atomic mass is 10.1. The van der Waals surface area contributed by atoms with Gasteiger partial charge in [-0.3, -0.25) is 9.69 Å². The predicted molar refractivity (Wildman–Crippen MR) is 104 cm³/mol. The lowest BCUT2D eigenvalue weighted by Gasteiger charge is -2.35. The summed E-state index contributed by atoms with van der Waals surface area (Å²) >= 11 is 0. The van der Waals surface area contributed by atoms with Crippen LogP contribution in [0.15, 0.2) is 48.9 Å². The van der Waals surface area contributed by atoms with Crippen LogP contribution in [0.1, 0.15) is 47.9 Å². The minimum absolute atomic E-state index is 0.135. The van der Waals surface area contributed by atoms with Crippen molar-refractivity contribution in [2.45, 2.75) is 37.9 Å². The van der Waals surface area contributed by atoms with Gasteiger partial charge in [0.25, 0.3) is 5.91 Å². The third-order valence-electron chi connectivity index (χ3n) is 5.62. The van der Waals surface area contributed by atoms with Crippen LogP contribution in [0.25, 0.3) is 0 Å². The zero-order valence-corrected chi connectivity index (χ0v) is 15.6. The number of nitrogens with zero attached hydrogens (tertiary/aromatic N) is 4. The predicted octanol–water partition coefficient (Wildman–Crippen LogP) is 2.47. The van der Waals surface area contributed by atoms with Crippen molar-refractivity contribution >= 4 is 5.91 Å². The van der Waals surface area contributed by atoms with Crippen molar-refractivity contribution < 1.29 is 4.79 Å². The van der Waals surface area contributed by atoms with Crippen LogP contribution in [-0.4, -0.2) is 57.9 Å². The Morgan fingerprint density at radius 3 is 2.67 bits per heavy atom. The fraction of sp³-hybridized carbons (Fsp3) is 0.476. The van der Waals surface area contributed by atoms with E-state index in [2.05, 4.69) is 37.2 Å². The number of likely N-dealkylation sites (tertiary alicyclic amines) is 2. The zero-order valence-electron chi connectivity index (χ0n) is 15.6. The molecule has 3 heterocycles. The monoisotopic (exact) mass is 365 g/mol. The molecule has 27 heavy (non-hydrogen) atoms. The van der Waals surface area contributed by atoms with Gasteiger partial charge in [-0.2, -0.15) is 0 Å². The molecule has 1 aromatic heterocycles. The summed E-state index contributed by atoms with van der Waals surface area (Å²) in [5, 5.41) is 3.22. The van der Waals surface area contributed by atoms with Crippen molar-refractivity contribution in [1.29, 1.82) is 0 Å². The van der Waals surface area contributed by atoms with Crippen LogP contribution >= 0.6 is 0 Å². The smallest absolute Gasteiger partial charge is 0.271 e. The Kier molecular flexibility index (Phi) is 5.75. The van der Waals surface area contributed by atoms with Crippen LogP contribution < -0.4 is 5.32 Å². The second kappa shape index (κ2) is 8.59. The van der Waals surface area contributed by atoms with Crippen molar-refractivity contribution in [3.05, 3.63) is 60.2 Å². The molecule has 2 saturated heterocycles. The first-order valence-corrected chi connectivity index (χ1v) is 9.91. The molecule has 2 aliphatic heterocycles. The van der Waals surface area contributed by atoms with Gasteiger partial charge in [0.05, 0.1) is 0 Å². The highest BCUT2D eigenvalue weighted by molar-refractivity contribution is 5.92. The molecule has 6 heteroatoms. The number of carbonyl (C=O) groups excluding carboxylic acids is 1. The number of aromatic nitrogens is 2. The molecular weight excluding hydrogens is 338 g/mol. The maximum atomic E-state index is 12.8. The standard InChI is InChI=1S/C21H27N5O/c27-21(19-10-11-22-16-23-19)24-20(17-7-2-1-3-8-17)26-14-6-9-18(26)15-25-12-4-5-13-25/h1-3,7-8,10-11,16,18,20H,4-6,9,12-15H2,(H,24,27)/t18-,20?/m0/s1.